The number of rotatable bonds is 3. The third-order valence-corrected chi connectivity index (χ3v) is 3.16. The number of nitrogens with zero attached hydrogens (tertiary/aromatic N) is 1. The van der Waals surface area contributed by atoms with Gasteiger partial charge in [-0.15, -0.1) is 0 Å². The molecule has 0 saturated carbocycles. The monoisotopic (exact) mass is 254 g/mol. The van der Waals surface area contributed by atoms with Crippen LogP contribution >= 0.6 is 0 Å². The van der Waals surface area contributed by atoms with Gasteiger partial charge in [-0.1, -0.05) is 6.92 Å². The predicted octanol–water partition coefficient (Wildman–Crippen LogP) is 2.11. The molecule has 0 aliphatic carbocycles. The van der Waals surface area contributed by atoms with E-state index in [0.29, 0.717) is 12.5 Å². The number of hydrogen-bond donors (Lipinski definition) is 1. The Balaban J connectivity index is 2.11. The van der Waals surface area contributed by atoms with Crippen molar-refractivity contribution in [1.29, 1.82) is 0 Å². The van der Waals surface area contributed by atoms with Gasteiger partial charge in [0.05, 0.1) is 11.0 Å². The van der Waals surface area contributed by atoms with Crippen molar-refractivity contribution >= 4 is 5.69 Å². The van der Waals surface area contributed by atoms with E-state index in [4.69, 9.17) is 4.74 Å². The molecule has 0 aromatic heterocycles. The van der Waals surface area contributed by atoms with Crippen LogP contribution in [-0.4, -0.2) is 24.1 Å². The zero-order valence-corrected chi connectivity index (χ0v) is 10.1. The van der Waals surface area contributed by atoms with Crippen molar-refractivity contribution in [2.75, 3.05) is 13.1 Å². The van der Waals surface area contributed by atoms with Gasteiger partial charge in [-0.3, -0.25) is 10.1 Å². The highest BCUT2D eigenvalue weighted by Gasteiger charge is 2.24. The summed E-state index contributed by atoms with van der Waals surface area (Å²) in [6.45, 7) is 3.65. The fraction of sp³-hybridized carbons (Fsp3) is 0.500. The van der Waals surface area contributed by atoms with Gasteiger partial charge >= 0.3 is 0 Å². The maximum atomic E-state index is 13.6. The number of piperidine rings is 1. The zero-order chi connectivity index (χ0) is 13.1. The van der Waals surface area contributed by atoms with Crippen LogP contribution in [0.1, 0.15) is 13.3 Å². The van der Waals surface area contributed by atoms with Crippen LogP contribution in [0.25, 0.3) is 0 Å². The van der Waals surface area contributed by atoms with Crippen molar-refractivity contribution in [3.05, 3.63) is 34.1 Å². The number of nitrogens with one attached hydrogen (secondary N) is 1. The van der Waals surface area contributed by atoms with Crippen molar-refractivity contribution in [1.82, 2.24) is 5.32 Å². The lowest BCUT2D eigenvalue weighted by Crippen LogP contribution is -2.42. The van der Waals surface area contributed by atoms with E-state index in [9.17, 15) is 14.5 Å². The highest BCUT2D eigenvalue weighted by molar-refractivity contribution is 5.37. The Morgan fingerprint density at radius 2 is 2.33 bits per heavy atom. The Bertz CT molecular complexity index is 453. The minimum Gasteiger partial charge on any atom is -0.486 e. The Morgan fingerprint density at radius 3 is 2.94 bits per heavy atom. The second-order valence-electron chi connectivity index (χ2n) is 4.50. The third-order valence-electron chi connectivity index (χ3n) is 3.16. The molecule has 1 aliphatic rings. The molecule has 1 aromatic rings. The van der Waals surface area contributed by atoms with Crippen LogP contribution < -0.4 is 10.1 Å². The molecule has 2 unspecified atom stereocenters. The first kappa shape index (κ1) is 12.8. The van der Waals surface area contributed by atoms with Gasteiger partial charge in [-0.2, -0.15) is 0 Å². The molecule has 0 amide bonds. The highest BCUT2D eigenvalue weighted by Crippen LogP contribution is 2.25. The summed E-state index contributed by atoms with van der Waals surface area (Å²) in [5.41, 5.74) is -0.269. The summed E-state index contributed by atoms with van der Waals surface area (Å²) in [5, 5.41) is 13.7. The molecule has 5 nitrogen and oxygen atoms in total. The van der Waals surface area contributed by atoms with E-state index in [1.54, 1.807) is 0 Å². The SMILES string of the molecule is CC1CCNCC1Oc1ccc([N+](=O)[O-])cc1F. The van der Waals surface area contributed by atoms with Crippen LogP contribution in [0.15, 0.2) is 18.2 Å². The molecule has 6 heteroatoms. The van der Waals surface area contributed by atoms with Crippen LogP contribution in [0, 0.1) is 21.8 Å². The third kappa shape index (κ3) is 2.76. The van der Waals surface area contributed by atoms with Gasteiger partial charge in [0.1, 0.15) is 6.10 Å². The van der Waals surface area contributed by atoms with Crippen LogP contribution in [-0.2, 0) is 0 Å². The molecule has 1 aliphatic heterocycles. The molecule has 18 heavy (non-hydrogen) atoms. The van der Waals surface area contributed by atoms with Gasteiger partial charge in [0.15, 0.2) is 11.6 Å². The Morgan fingerprint density at radius 1 is 1.56 bits per heavy atom. The van der Waals surface area contributed by atoms with E-state index < -0.39 is 10.7 Å². The van der Waals surface area contributed by atoms with E-state index in [-0.39, 0.29) is 17.5 Å². The predicted molar refractivity (Wildman–Crippen MR) is 64.1 cm³/mol. The molecule has 0 bridgehead atoms. The average molecular weight is 254 g/mol. The largest absolute Gasteiger partial charge is 0.486 e. The van der Waals surface area contributed by atoms with Gasteiger partial charge < -0.3 is 10.1 Å². The van der Waals surface area contributed by atoms with Gasteiger partial charge in [-0.05, 0) is 24.9 Å². The van der Waals surface area contributed by atoms with Crippen LogP contribution in [0.4, 0.5) is 10.1 Å². The molecule has 98 valence electrons. The zero-order valence-electron chi connectivity index (χ0n) is 10.1. The highest BCUT2D eigenvalue weighted by atomic mass is 19.1. The smallest absolute Gasteiger partial charge is 0.272 e. The maximum absolute atomic E-state index is 13.6. The summed E-state index contributed by atoms with van der Waals surface area (Å²) in [7, 11) is 0. The fourth-order valence-electron chi connectivity index (χ4n) is 1.98. The molecular formula is C12H15FN2O3. The number of ether oxygens (including phenoxy) is 1. The van der Waals surface area contributed by atoms with Gasteiger partial charge in [-0.25, -0.2) is 4.39 Å². The molecule has 1 fully saturated rings. The molecular weight excluding hydrogens is 239 g/mol. The van der Waals surface area contributed by atoms with Gasteiger partial charge in [0.2, 0.25) is 0 Å². The molecule has 2 atom stereocenters. The molecule has 1 aromatic carbocycles. The van der Waals surface area contributed by atoms with Crippen LogP contribution in [0.3, 0.4) is 0 Å². The Kier molecular flexibility index (Phi) is 3.76. The normalized spacial score (nSPS) is 23.7. The first-order valence-corrected chi connectivity index (χ1v) is 5.89. The molecule has 2 rings (SSSR count). The summed E-state index contributed by atoms with van der Waals surface area (Å²) < 4.78 is 19.2. The van der Waals surface area contributed by atoms with E-state index in [1.807, 2.05) is 0 Å². The minimum atomic E-state index is -0.693. The lowest BCUT2D eigenvalue weighted by Gasteiger charge is -2.30. The maximum Gasteiger partial charge on any atom is 0.272 e. The topological polar surface area (TPSA) is 64.4 Å². The fourth-order valence-corrected chi connectivity index (χ4v) is 1.98. The number of non-ortho nitro benzene ring substituents is 1. The van der Waals surface area contributed by atoms with Crippen molar-refractivity contribution in [2.24, 2.45) is 5.92 Å². The van der Waals surface area contributed by atoms with E-state index in [1.165, 1.54) is 12.1 Å². The van der Waals surface area contributed by atoms with Gasteiger partial charge in [0.25, 0.3) is 5.69 Å². The summed E-state index contributed by atoms with van der Waals surface area (Å²) in [4.78, 5) is 9.87. The van der Waals surface area contributed by atoms with Crippen molar-refractivity contribution in [3.63, 3.8) is 0 Å². The number of halogens is 1. The van der Waals surface area contributed by atoms with E-state index in [0.717, 1.165) is 19.0 Å². The lowest BCUT2D eigenvalue weighted by atomic mass is 9.97. The van der Waals surface area contributed by atoms with Gasteiger partial charge in [0, 0.05) is 12.6 Å². The van der Waals surface area contributed by atoms with Crippen molar-refractivity contribution < 1.29 is 14.1 Å². The quantitative estimate of drug-likeness (QED) is 0.662. The minimum absolute atomic E-state index is 0.0705. The molecule has 0 radical (unpaired) electrons. The number of nitro groups is 1. The second kappa shape index (κ2) is 5.30. The number of nitro benzene ring substituents is 1. The van der Waals surface area contributed by atoms with E-state index in [2.05, 4.69) is 12.2 Å². The average Bonchev–Trinajstić information content (AvgIpc) is 2.34. The first-order chi connectivity index (χ1) is 8.58. The van der Waals surface area contributed by atoms with Crippen molar-refractivity contribution in [3.8, 4) is 5.75 Å². The Labute approximate surface area is 104 Å². The molecule has 1 heterocycles. The Hall–Kier alpha value is -1.69. The first-order valence-electron chi connectivity index (χ1n) is 5.89. The molecule has 1 N–H and O–H groups in total. The summed E-state index contributed by atoms with van der Waals surface area (Å²) in [6.07, 6.45) is 0.869. The van der Waals surface area contributed by atoms with Crippen LogP contribution in [0.5, 0.6) is 5.75 Å². The second-order valence-corrected chi connectivity index (χ2v) is 4.50. The number of hydrogen-bond acceptors (Lipinski definition) is 4. The lowest BCUT2D eigenvalue weighted by molar-refractivity contribution is -0.385. The summed E-state index contributed by atoms with van der Waals surface area (Å²) in [6, 6.07) is 3.45. The summed E-state index contributed by atoms with van der Waals surface area (Å²) >= 11 is 0. The van der Waals surface area contributed by atoms with E-state index >= 15 is 0 Å². The standard InChI is InChI=1S/C12H15FN2O3/c1-8-4-5-14-7-12(8)18-11-3-2-9(15(16)17)6-10(11)13/h2-3,6,8,12,14H,4-5,7H2,1H3. The number of benzene rings is 1. The van der Waals surface area contributed by atoms with Crippen LogP contribution in [0.2, 0.25) is 0 Å². The summed E-state index contributed by atoms with van der Waals surface area (Å²) in [5.74, 6) is -0.288. The molecule has 0 spiro atoms. The molecule has 1 saturated heterocycles. The van der Waals surface area contributed by atoms with Crippen molar-refractivity contribution in [2.45, 2.75) is 19.4 Å².